The second kappa shape index (κ2) is 13.4. The Labute approximate surface area is 222 Å². The van der Waals surface area contributed by atoms with Crippen LogP contribution in [0.3, 0.4) is 0 Å². The van der Waals surface area contributed by atoms with E-state index < -0.39 is 11.9 Å². The van der Waals surface area contributed by atoms with Crippen molar-refractivity contribution < 1.29 is 23.2 Å². The molecule has 0 radical (unpaired) electrons. The number of aryl methyl sites for hydroxylation is 4. The molecule has 204 valence electrons. The van der Waals surface area contributed by atoms with Crippen LogP contribution in [0.15, 0.2) is 48.5 Å². The molecule has 0 fully saturated rings. The number of nitrogens with zero attached hydrogens (tertiary/aromatic N) is 1. The van der Waals surface area contributed by atoms with E-state index in [1.54, 1.807) is 57.4 Å². The molecule has 0 saturated carbocycles. The third kappa shape index (κ3) is 8.07. The number of nitrogens with one attached hydrogen (secondary N) is 2. The van der Waals surface area contributed by atoms with Crippen molar-refractivity contribution in [2.75, 3.05) is 11.9 Å². The van der Waals surface area contributed by atoms with Crippen LogP contribution in [-0.4, -0.2) is 28.6 Å². The highest BCUT2D eigenvalue weighted by Gasteiger charge is 2.19. The van der Waals surface area contributed by atoms with Crippen molar-refractivity contribution in [2.24, 2.45) is 0 Å². The van der Waals surface area contributed by atoms with Crippen molar-refractivity contribution in [3.05, 3.63) is 99.4 Å². The molecule has 0 aromatic heterocycles. The number of carbonyl (C=O) groups is 1. The van der Waals surface area contributed by atoms with E-state index in [-0.39, 0.29) is 17.5 Å². The Morgan fingerprint density at radius 3 is 1.82 bits per heavy atom. The van der Waals surface area contributed by atoms with E-state index in [0.717, 1.165) is 17.5 Å². The van der Waals surface area contributed by atoms with Crippen LogP contribution in [0, 0.1) is 45.1 Å². The summed E-state index contributed by atoms with van der Waals surface area (Å²) in [5, 5.41) is 12.3. The van der Waals surface area contributed by atoms with Gasteiger partial charge in [0.25, 0.3) is 5.91 Å². The molecule has 3 N–H and O–H groups in total. The zero-order valence-electron chi connectivity index (χ0n) is 22.4. The van der Waals surface area contributed by atoms with Crippen LogP contribution in [0.2, 0.25) is 0 Å². The Bertz CT molecular complexity index is 1190. The average Bonchev–Trinajstić information content (AvgIpc) is 2.88. The molecule has 0 heterocycles. The summed E-state index contributed by atoms with van der Waals surface area (Å²) in [6, 6.07) is 12.7. The highest BCUT2D eigenvalue weighted by molar-refractivity contribution is 5.83. The summed E-state index contributed by atoms with van der Waals surface area (Å²) >= 11 is 0. The van der Waals surface area contributed by atoms with E-state index in [1.165, 1.54) is 12.1 Å². The van der Waals surface area contributed by atoms with Gasteiger partial charge in [-0.3, -0.25) is 14.9 Å². The maximum atomic E-state index is 14.0. The van der Waals surface area contributed by atoms with E-state index in [4.69, 9.17) is 0 Å². The van der Waals surface area contributed by atoms with E-state index >= 15 is 0 Å². The third-order valence-electron chi connectivity index (χ3n) is 6.68. The number of hydrogen-bond donors (Lipinski definition) is 3. The topological polar surface area (TPSA) is 64.6 Å². The number of rotatable bonds is 12. The first-order chi connectivity index (χ1) is 18.1. The number of hydrogen-bond acceptors (Lipinski definition) is 4. The molecule has 1 amide bonds. The molecule has 5 nitrogen and oxygen atoms in total. The molecule has 0 aliphatic carbocycles. The number of carbonyl (C=O) groups excluding carboxylic acids is 1. The normalized spacial score (nSPS) is 12.0. The molecule has 8 heteroatoms. The van der Waals surface area contributed by atoms with Crippen LogP contribution in [0.4, 0.5) is 18.9 Å². The van der Waals surface area contributed by atoms with E-state index in [2.05, 4.69) is 10.2 Å². The van der Waals surface area contributed by atoms with Gasteiger partial charge in [-0.25, -0.2) is 18.7 Å². The lowest BCUT2D eigenvalue weighted by atomic mass is 10.1. The predicted molar refractivity (Wildman–Crippen MR) is 143 cm³/mol. The standard InChI is InChI=1S/C30H36F3N3O2/c1-19-13-23(8-10-26(19)31)17-36(18-24-9-11-27(32)20(2)14-24)12-6-5-7-28(30(37)35-38)34-25-15-21(3)29(33)22(4)16-25/h8-11,13-16,28,34,38H,5-7,12,17-18H2,1-4H3,(H,35,37)/t28-/m1/s1. The molecule has 0 saturated heterocycles. The molecule has 3 rings (SSSR count). The highest BCUT2D eigenvalue weighted by atomic mass is 19.1. The molecule has 0 spiro atoms. The Kier molecular flexibility index (Phi) is 10.3. The van der Waals surface area contributed by atoms with Crippen LogP contribution < -0.4 is 10.8 Å². The second-order valence-corrected chi connectivity index (χ2v) is 9.97. The Hall–Kier alpha value is -3.36. The van der Waals surface area contributed by atoms with Crippen molar-refractivity contribution in [1.82, 2.24) is 10.4 Å². The van der Waals surface area contributed by atoms with Gasteiger partial charge in [0, 0.05) is 18.8 Å². The number of hydroxylamine groups is 1. The Morgan fingerprint density at radius 2 is 1.34 bits per heavy atom. The highest BCUT2D eigenvalue weighted by Crippen LogP contribution is 2.21. The maximum Gasteiger partial charge on any atom is 0.265 e. The van der Waals surface area contributed by atoms with E-state index in [0.29, 0.717) is 60.4 Å². The van der Waals surface area contributed by atoms with Crippen molar-refractivity contribution in [2.45, 2.75) is 66.1 Å². The lowest BCUT2D eigenvalue weighted by molar-refractivity contribution is -0.130. The van der Waals surface area contributed by atoms with Crippen molar-refractivity contribution >= 4 is 11.6 Å². The van der Waals surface area contributed by atoms with Gasteiger partial charge in [-0.05, 0) is 111 Å². The Balaban J connectivity index is 1.66. The van der Waals surface area contributed by atoms with Gasteiger partial charge in [0.05, 0.1) is 0 Å². The fourth-order valence-electron chi connectivity index (χ4n) is 4.60. The van der Waals surface area contributed by atoms with E-state index in [1.807, 2.05) is 12.1 Å². The van der Waals surface area contributed by atoms with Crippen LogP contribution in [-0.2, 0) is 17.9 Å². The molecule has 0 unspecified atom stereocenters. The van der Waals surface area contributed by atoms with Gasteiger partial charge in [0.2, 0.25) is 0 Å². The summed E-state index contributed by atoms with van der Waals surface area (Å²) in [4.78, 5) is 14.5. The van der Waals surface area contributed by atoms with Crippen molar-refractivity contribution in [3.63, 3.8) is 0 Å². The minimum Gasteiger partial charge on any atom is -0.374 e. The summed E-state index contributed by atoms with van der Waals surface area (Å²) in [6.45, 7) is 8.65. The molecule has 0 aliphatic heterocycles. The lowest BCUT2D eigenvalue weighted by Crippen LogP contribution is -2.38. The summed E-state index contributed by atoms with van der Waals surface area (Å²) < 4.78 is 41.6. The zero-order chi connectivity index (χ0) is 27.8. The largest absolute Gasteiger partial charge is 0.374 e. The molecule has 3 aromatic carbocycles. The molecular weight excluding hydrogens is 491 g/mol. The summed E-state index contributed by atoms with van der Waals surface area (Å²) in [5.41, 5.74) is 6.37. The number of halogens is 3. The number of anilines is 1. The van der Waals surface area contributed by atoms with Crippen molar-refractivity contribution in [1.29, 1.82) is 0 Å². The maximum absolute atomic E-state index is 14.0. The number of benzene rings is 3. The molecule has 1 atom stereocenters. The first kappa shape index (κ1) is 29.2. The van der Waals surface area contributed by atoms with Gasteiger partial charge in [0.15, 0.2) is 0 Å². The second-order valence-electron chi connectivity index (χ2n) is 9.97. The van der Waals surface area contributed by atoms with Gasteiger partial charge in [0.1, 0.15) is 23.5 Å². The molecule has 0 bridgehead atoms. The Morgan fingerprint density at radius 1 is 0.816 bits per heavy atom. The smallest absolute Gasteiger partial charge is 0.265 e. The minimum absolute atomic E-state index is 0.248. The fraction of sp³-hybridized carbons (Fsp3) is 0.367. The zero-order valence-corrected chi connectivity index (χ0v) is 22.4. The molecule has 3 aromatic rings. The quantitative estimate of drug-likeness (QED) is 0.143. The van der Waals surface area contributed by atoms with Crippen LogP contribution in [0.5, 0.6) is 0 Å². The minimum atomic E-state index is -0.697. The van der Waals surface area contributed by atoms with Gasteiger partial charge in [-0.2, -0.15) is 0 Å². The van der Waals surface area contributed by atoms with E-state index in [9.17, 15) is 23.2 Å². The average molecular weight is 528 g/mol. The van der Waals surface area contributed by atoms with Crippen molar-refractivity contribution in [3.8, 4) is 0 Å². The molecular formula is C30H36F3N3O2. The SMILES string of the molecule is Cc1cc(CN(CCCC[C@@H](Nc2cc(C)c(F)c(C)c2)C(=O)NO)Cc2ccc(F)c(C)c2)ccc1F. The molecule has 38 heavy (non-hydrogen) atoms. The fourth-order valence-corrected chi connectivity index (χ4v) is 4.60. The van der Waals surface area contributed by atoms with Gasteiger partial charge < -0.3 is 5.32 Å². The van der Waals surface area contributed by atoms with Gasteiger partial charge in [-0.1, -0.05) is 24.3 Å². The predicted octanol–water partition coefficient (Wildman–Crippen LogP) is 6.50. The lowest BCUT2D eigenvalue weighted by Gasteiger charge is -2.24. The first-order valence-electron chi connectivity index (χ1n) is 12.8. The molecule has 0 aliphatic rings. The van der Waals surface area contributed by atoms with Gasteiger partial charge in [-0.15, -0.1) is 0 Å². The number of amides is 1. The first-order valence-corrected chi connectivity index (χ1v) is 12.8. The number of unbranched alkanes of at least 4 members (excludes halogenated alkanes) is 1. The summed E-state index contributed by atoms with van der Waals surface area (Å²) in [6.07, 6.45) is 1.87. The van der Waals surface area contributed by atoms with Crippen LogP contribution in [0.25, 0.3) is 0 Å². The van der Waals surface area contributed by atoms with Crippen LogP contribution in [0.1, 0.15) is 52.6 Å². The summed E-state index contributed by atoms with van der Waals surface area (Å²) in [5.74, 6) is -1.35. The van der Waals surface area contributed by atoms with Crippen LogP contribution >= 0.6 is 0 Å². The summed E-state index contributed by atoms with van der Waals surface area (Å²) in [7, 11) is 0. The van der Waals surface area contributed by atoms with Gasteiger partial charge >= 0.3 is 0 Å². The monoisotopic (exact) mass is 527 g/mol. The third-order valence-corrected chi connectivity index (χ3v) is 6.68.